The third-order valence-electron chi connectivity index (χ3n) is 14.4. The Kier molecular flexibility index (Phi) is 8.00. The summed E-state index contributed by atoms with van der Waals surface area (Å²) >= 11 is 0. The third-order valence-corrected chi connectivity index (χ3v) is 14.4. The maximum absolute atomic E-state index is 6.85. The number of nitrogens with zero attached hydrogens (tertiary/aromatic N) is 2. The van der Waals surface area contributed by atoms with Crippen LogP contribution in [0.3, 0.4) is 0 Å². The van der Waals surface area contributed by atoms with Crippen molar-refractivity contribution in [2.75, 3.05) is 4.90 Å². The molecule has 0 amide bonds. The van der Waals surface area contributed by atoms with Crippen molar-refractivity contribution in [1.29, 1.82) is 0 Å². The zero-order chi connectivity index (χ0) is 44.4. The lowest BCUT2D eigenvalue weighted by atomic mass is 9.82. The SMILES string of the molecule is CC1(C)c2ccccc2-c2c(N(c3cccc4c3oc3ccccc34)c3cccc4oc5ccc(-c6ccc7c(c6)c6ccccc6n7-c6cccc(-c7ccccc7)c6)cc5c34)cccc21. The second-order valence-corrected chi connectivity index (χ2v) is 18.4. The second kappa shape index (κ2) is 14.2. The van der Waals surface area contributed by atoms with Gasteiger partial charge in [-0.3, -0.25) is 0 Å². The van der Waals surface area contributed by atoms with Gasteiger partial charge in [0.05, 0.1) is 33.5 Å². The molecule has 1 aliphatic carbocycles. The minimum atomic E-state index is -0.179. The number of rotatable bonds is 6. The summed E-state index contributed by atoms with van der Waals surface area (Å²) in [4.78, 5) is 2.43. The van der Waals surface area contributed by atoms with Crippen molar-refractivity contribution in [2.45, 2.75) is 19.3 Å². The zero-order valence-electron chi connectivity index (χ0n) is 37.0. The summed E-state index contributed by atoms with van der Waals surface area (Å²) in [6.07, 6.45) is 0. The number of furan rings is 2. The fourth-order valence-corrected chi connectivity index (χ4v) is 11.3. The maximum atomic E-state index is 6.85. The van der Waals surface area contributed by atoms with Gasteiger partial charge in [0.2, 0.25) is 0 Å². The number of anilines is 3. The zero-order valence-corrected chi connectivity index (χ0v) is 37.0. The van der Waals surface area contributed by atoms with Gasteiger partial charge in [0.15, 0.2) is 5.58 Å². The van der Waals surface area contributed by atoms with E-state index in [1.54, 1.807) is 0 Å². The van der Waals surface area contributed by atoms with Gasteiger partial charge in [0.25, 0.3) is 0 Å². The van der Waals surface area contributed by atoms with Crippen LogP contribution in [-0.2, 0) is 5.41 Å². The van der Waals surface area contributed by atoms with E-state index in [-0.39, 0.29) is 5.41 Å². The summed E-state index contributed by atoms with van der Waals surface area (Å²) in [5.74, 6) is 0. The Morgan fingerprint density at radius 1 is 0.388 bits per heavy atom. The van der Waals surface area contributed by atoms with E-state index in [9.17, 15) is 0 Å². The molecule has 10 aromatic carbocycles. The molecule has 1 aliphatic rings. The van der Waals surface area contributed by atoms with Crippen LogP contribution < -0.4 is 4.90 Å². The van der Waals surface area contributed by atoms with Gasteiger partial charge in [-0.25, -0.2) is 0 Å². The first-order chi connectivity index (χ1) is 33.0. The van der Waals surface area contributed by atoms with Gasteiger partial charge in [-0.1, -0.05) is 159 Å². The fraction of sp³-hybridized carbons (Fsp3) is 0.0476. The molecule has 0 unspecified atom stereocenters. The van der Waals surface area contributed by atoms with Gasteiger partial charge < -0.3 is 18.3 Å². The molecular weight excluding hydrogens is 817 g/mol. The van der Waals surface area contributed by atoms with Crippen molar-refractivity contribution >= 4 is 82.7 Å². The normalized spacial score (nSPS) is 13.0. The van der Waals surface area contributed by atoms with E-state index in [4.69, 9.17) is 8.83 Å². The molecule has 0 N–H and O–H groups in total. The lowest BCUT2D eigenvalue weighted by Gasteiger charge is -2.29. The first-order valence-corrected chi connectivity index (χ1v) is 23.1. The van der Waals surface area contributed by atoms with Crippen LogP contribution >= 0.6 is 0 Å². The molecule has 0 atom stereocenters. The van der Waals surface area contributed by atoms with Crippen LogP contribution in [0.15, 0.2) is 227 Å². The van der Waals surface area contributed by atoms with Crippen molar-refractivity contribution in [3.8, 4) is 39.1 Å². The van der Waals surface area contributed by atoms with E-state index in [2.05, 4.69) is 236 Å². The van der Waals surface area contributed by atoms with E-state index in [0.29, 0.717) is 0 Å². The van der Waals surface area contributed by atoms with E-state index >= 15 is 0 Å². The number of hydrogen-bond acceptors (Lipinski definition) is 3. The Bertz CT molecular complexity index is 4150. The molecule has 0 saturated heterocycles. The Labute approximate surface area is 387 Å². The van der Waals surface area contributed by atoms with Crippen molar-refractivity contribution in [2.24, 2.45) is 0 Å². The van der Waals surface area contributed by atoms with Crippen LogP contribution in [0.5, 0.6) is 0 Å². The topological polar surface area (TPSA) is 34.5 Å². The summed E-state index contributed by atoms with van der Waals surface area (Å²) in [5.41, 5.74) is 19.6. The van der Waals surface area contributed by atoms with Gasteiger partial charge in [-0.15, -0.1) is 0 Å². The molecular formula is C63H42N2O2. The molecule has 0 saturated carbocycles. The van der Waals surface area contributed by atoms with Crippen LogP contribution in [0, 0.1) is 0 Å². The first-order valence-electron chi connectivity index (χ1n) is 23.1. The van der Waals surface area contributed by atoms with Gasteiger partial charge in [0.1, 0.15) is 16.7 Å². The van der Waals surface area contributed by atoms with Crippen molar-refractivity contribution < 1.29 is 8.83 Å². The average Bonchev–Trinajstić information content (AvgIpc) is 4.11. The molecule has 13 aromatic rings. The Hall–Kier alpha value is -8.60. The third kappa shape index (κ3) is 5.54. The van der Waals surface area contributed by atoms with E-state index in [1.807, 2.05) is 6.07 Å². The minimum absolute atomic E-state index is 0.179. The number of para-hydroxylation sites is 3. The fourth-order valence-electron chi connectivity index (χ4n) is 11.3. The lowest BCUT2D eigenvalue weighted by Crippen LogP contribution is -2.16. The smallest absolute Gasteiger partial charge is 0.159 e. The molecule has 0 radical (unpaired) electrons. The van der Waals surface area contributed by atoms with E-state index in [0.717, 1.165) is 77.8 Å². The highest BCUT2D eigenvalue weighted by Gasteiger charge is 2.38. The van der Waals surface area contributed by atoms with Crippen LogP contribution in [0.4, 0.5) is 17.1 Å². The highest BCUT2D eigenvalue weighted by Crippen LogP contribution is 2.56. The largest absolute Gasteiger partial charge is 0.456 e. The molecule has 3 aromatic heterocycles. The van der Waals surface area contributed by atoms with Gasteiger partial charge >= 0.3 is 0 Å². The molecule has 67 heavy (non-hydrogen) atoms. The van der Waals surface area contributed by atoms with E-state index in [1.165, 1.54) is 55.2 Å². The predicted molar refractivity (Wildman–Crippen MR) is 278 cm³/mol. The molecule has 4 heteroatoms. The highest BCUT2D eigenvalue weighted by atomic mass is 16.3. The average molecular weight is 859 g/mol. The Morgan fingerprint density at radius 3 is 1.91 bits per heavy atom. The molecule has 14 rings (SSSR count). The monoisotopic (exact) mass is 858 g/mol. The van der Waals surface area contributed by atoms with Gasteiger partial charge in [-0.05, 0) is 112 Å². The summed E-state index contributed by atoms with van der Waals surface area (Å²) < 4.78 is 16.0. The van der Waals surface area contributed by atoms with Crippen molar-refractivity contribution in [3.63, 3.8) is 0 Å². The maximum Gasteiger partial charge on any atom is 0.159 e. The van der Waals surface area contributed by atoms with E-state index < -0.39 is 0 Å². The summed E-state index contributed by atoms with van der Waals surface area (Å²) in [5, 5.41) is 6.71. The number of fused-ring (bicyclic) bond motifs is 12. The van der Waals surface area contributed by atoms with Crippen LogP contribution in [0.2, 0.25) is 0 Å². The van der Waals surface area contributed by atoms with Crippen molar-refractivity contribution in [3.05, 3.63) is 230 Å². The molecule has 0 spiro atoms. The molecule has 0 fully saturated rings. The second-order valence-electron chi connectivity index (χ2n) is 18.4. The van der Waals surface area contributed by atoms with Crippen LogP contribution in [0.25, 0.3) is 105 Å². The standard InChI is InChI=1S/C63H42N2O2/c1-63(2)50-24-9-6-22-47(50)60-51(63)25-14-27-54(60)65(56-29-13-23-46-45-21-8-11-30-57(45)67-62(46)56)55-28-15-31-59-61(55)49-38-42(33-35-58(49)66-59)41-32-34-53-48(37-41)44-20-7-10-26-52(44)64(53)43-19-12-18-40(36-43)39-16-4-3-5-17-39/h3-38H,1-2H3. The molecule has 316 valence electrons. The molecule has 3 heterocycles. The predicted octanol–water partition coefficient (Wildman–Crippen LogP) is 17.7. The minimum Gasteiger partial charge on any atom is -0.456 e. The number of aromatic nitrogens is 1. The summed E-state index contributed by atoms with van der Waals surface area (Å²) in [6.45, 7) is 4.69. The summed E-state index contributed by atoms with van der Waals surface area (Å²) in [7, 11) is 0. The Balaban J connectivity index is 0.984. The van der Waals surface area contributed by atoms with Gasteiger partial charge in [-0.2, -0.15) is 0 Å². The quantitative estimate of drug-likeness (QED) is 0.167. The molecule has 0 bridgehead atoms. The molecule has 0 aliphatic heterocycles. The Morgan fingerprint density at radius 2 is 1.00 bits per heavy atom. The molecule has 4 nitrogen and oxygen atoms in total. The van der Waals surface area contributed by atoms with Gasteiger partial charge in [0, 0.05) is 43.6 Å². The van der Waals surface area contributed by atoms with Crippen LogP contribution in [0.1, 0.15) is 25.0 Å². The number of benzene rings is 10. The first kappa shape index (κ1) is 37.7. The van der Waals surface area contributed by atoms with Crippen molar-refractivity contribution in [1.82, 2.24) is 4.57 Å². The van der Waals surface area contributed by atoms with Crippen LogP contribution in [-0.4, -0.2) is 4.57 Å². The summed E-state index contributed by atoms with van der Waals surface area (Å²) in [6, 6.07) is 78.8. The lowest BCUT2D eigenvalue weighted by molar-refractivity contribution is 0.660. The number of hydrogen-bond donors (Lipinski definition) is 0. The highest BCUT2D eigenvalue weighted by molar-refractivity contribution is 6.18.